The highest BCUT2D eigenvalue weighted by atomic mass is 31.2. The van der Waals surface area contributed by atoms with Crippen LogP contribution in [0.1, 0.15) is 136 Å². The lowest BCUT2D eigenvalue weighted by Crippen LogP contribution is -2.50. The maximum atomic E-state index is 12.5. The smallest absolute Gasteiger partial charge is 0.305 e. The van der Waals surface area contributed by atoms with E-state index in [0.717, 1.165) is 19.3 Å². The number of aliphatic hydroxyl groups excluding tert-OH is 2. The first kappa shape index (κ1) is 42.9. The Kier molecular flexibility index (Phi) is 26.4. The van der Waals surface area contributed by atoms with Crippen molar-refractivity contribution in [3.8, 4) is 0 Å². The monoisotopic (exact) mass is 647 g/mol. The quantitative estimate of drug-likeness (QED) is 0.0195. The van der Waals surface area contributed by atoms with Gasteiger partial charge < -0.3 is 38.5 Å². The lowest BCUT2D eigenvalue weighted by molar-refractivity contribution is -0.902. The number of esters is 1. The van der Waals surface area contributed by atoms with Gasteiger partial charge in [-0.25, -0.2) is 0 Å². The van der Waals surface area contributed by atoms with Gasteiger partial charge in [0.15, 0.2) is 13.9 Å². The molecule has 0 aliphatic carbocycles. The van der Waals surface area contributed by atoms with Crippen LogP contribution in [0.2, 0.25) is 0 Å². The SMILES string of the molecule is CCCCC/C=C\CCCCCCCCCC/C=C\CCCCC(=O)OC[C@@H](O)COP(=O)([O-])C(C)[N+](C)(C)CCC(O)O. The Morgan fingerprint density at radius 2 is 1.23 bits per heavy atom. The first-order valence-electron chi connectivity index (χ1n) is 17.2. The Morgan fingerprint density at radius 1 is 0.773 bits per heavy atom. The fourth-order valence-electron chi connectivity index (χ4n) is 4.73. The van der Waals surface area contributed by atoms with E-state index >= 15 is 0 Å². The number of allylic oxidation sites excluding steroid dienone is 4. The fraction of sp³-hybridized carbons (Fsp3) is 0.853. The van der Waals surface area contributed by atoms with E-state index in [2.05, 4.69) is 31.2 Å². The molecule has 0 saturated heterocycles. The van der Waals surface area contributed by atoms with Crippen LogP contribution in [0.25, 0.3) is 0 Å². The Hall–Kier alpha value is -1.06. The number of quaternary nitrogens is 1. The topological polar surface area (TPSA) is 136 Å². The molecule has 0 aliphatic rings. The molecule has 0 rings (SSSR count). The average Bonchev–Trinajstić information content (AvgIpc) is 2.98. The highest BCUT2D eigenvalue weighted by Gasteiger charge is 2.34. The molecule has 3 atom stereocenters. The van der Waals surface area contributed by atoms with Crippen molar-refractivity contribution in [1.82, 2.24) is 0 Å². The molecule has 2 unspecified atom stereocenters. The van der Waals surface area contributed by atoms with E-state index in [-0.39, 0.29) is 30.5 Å². The Morgan fingerprint density at radius 3 is 1.70 bits per heavy atom. The molecule has 10 heteroatoms. The number of ether oxygens (including phenoxy) is 1. The van der Waals surface area contributed by atoms with Crippen molar-refractivity contribution in [3.05, 3.63) is 24.3 Å². The average molecular weight is 648 g/mol. The van der Waals surface area contributed by atoms with Crippen LogP contribution in [0.5, 0.6) is 0 Å². The summed E-state index contributed by atoms with van der Waals surface area (Å²) in [6.07, 6.45) is 27.2. The van der Waals surface area contributed by atoms with Crippen molar-refractivity contribution in [2.45, 2.75) is 154 Å². The third kappa shape index (κ3) is 25.2. The van der Waals surface area contributed by atoms with E-state index < -0.39 is 38.3 Å². The van der Waals surface area contributed by atoms with Gasteiger partial charge in [-0.05, 0) is 64.7 Å². The first-order chi connectivity index (χ1) is 20.9. The molecule has 0 radical (unpaired) electrons. The highest BCUT2D eigenvalue weighted by Crippen LogP contribution is 2.46. The zero-order chi connectivity index (χ0) is 33.1. The molecule has 44 heavy (non-hydrogen) atoms. The molecule has 0 aromatic heterocycles. The molecule has 0 amide bonds. The predicted molar refractivity (Wildman–Crippen MR) is 177 cm³/mol. The molecule has 260 valence electrons. The van der Waals surface area contributed by atoms with Crippen molar-refractivity contribution >= 4 is 13.6 Å². The minimum Gasteiger partial charge on any atom is -0.774 e. The largest absolute Gasteiger partial charge is 0.774 e. The van der Waals surface area contributed by atoms with E-state index in [1.165, 1.54) is 90.4 Å². The number of hydrogen-bond donors (Lipinski definition) is 3. The summed E-state index contributed by atoms with van der Waals surface area (Å²) in [5, 5.41) is 28.1. The Bertz CT molecular complexity index is 802. The van der Waals surface area contributed by atoms with E-state index in [1.807, 2.05) is 0 Å². The van der Waals surface area contributed by atoms with Gasteiger partial charge in [0.2, 0.25) is 0 Å². The van der Waals surface area contributed by atoms with E-state index in [0.29, 0.717) is 6.42 Å². The normalized spacial score (nSPS) is 15.3. The van der Waals surface area contributed by atoms with Crippen LogP contribution in [0.3, 0.4) is 0 Å². The number of nitrogens with zero attached hydrogens (tertiary/aromatic N) is 1. The summed E-state index contributed by atoms with van der Waals surface area (Å²) >= 11 is 0. The van der Waals surface area contributed by atoms with Crippen LogP contribution in [0, 0.1) is 0 Å². The number of carbonyl (C=O) groups excluding carboxylic acids is 1. The molecule has 0 saturated carbocycles. The molecule has 0 aromatic carbocycles. The molecule has 0 heterocycles. The van der Waals surface area contributed by atoms with Crippen molar-refractivity contribution in [2.75, 3.05) is 33.9 Å². The van der Waals surface area contributed by atoms with Gasteiger partial charge in [-0.3, -0.25) is 4.79 Å². The lowest BCUT2D eigenvalue weighted by Gasteiger charge is -2.42. The van der Waals surface area contributed by atoms with Gasteiger partial charge in [-0.15, -0.1) is 0 Å². The van der Waals surface area contributed by atoms with Crippen LogP contribution >= 0.6 is 7.60 Å². The molecule has 3 N–H and O–H groups in total. The number of unbranched alkanes of at least 4 members (excludes halogenated alkanes) is 14. The van der Waals surface area contributed by atoms with E-state index in [1.54, 1.807) is 14.1 Å². The minimum absolute atomic E-state index is 0.0184. The maximum absolute atomic E-state index is 12.5. The van der Waals surface area contributed by atoms with E-state index in [4.69, 9.17) is 19.5 Å². The lowest BCUT2D eigenvalue weighted by atomic mass is 10.1. The highest BCUT2D eigenvalue weighted by molar-refractivity contribution is 7.51. The third-order valence-corrected chi connectivity index (χ3v) is 10.2. The summed E-state index contributed by atoms with van der Waals surface area (Å²) in [5.41, 5.74) is 0. The van der Waals surface area contributed by atoms with Gasteiger partial charge >= 0.3 is 5.97 Å². The molecule has 0 bridgehead atoms. The second-order valence-corrected chi connectivity index (χ2v) is 14.8. The van der Waals surface area contributed by atoms with Gasteiger partial charge in [0.1, 0.15) is 18.5 Å². The molecule has 0 fully saturated rings. The number of carbonyl (C=O) groups is 1. The molecule has 0 spiro atoms. The second-order valence-electron chi connectivity index (χ2n) is 12.7. The summed E-state index contributed by atoms with van der Waals surface area (Å²) in [5.74, 6) is -1.39. The van der Waals surface area contributed by atoms with Gasteiger partial charge in [-0.2, -0.15) is 0 Å². The molecule has 0 aromatic rings. The zero-order valence-electron chi connectivity index (χ0n) is 28.4. The zero-order valence-corrected chi connectivity index (χ0v) is 29.3. The molecular formula is C34H66NO8P. The van der Waals surface area contributed by atoms with Crippen LogP contribution in [0.4, 0.5) is 0 Å². The molecule has 0 aliphatic heterocycles. The second kappa shape index (κ2) is 27.1. The van der Waals surface area contributed by atoms with Crippen LogP contribution in [-0.4, -0.2) is 77.8 Å². The number of rotatable bonds is 30. The fourth-order valence-corrected chi connectivity index (χ4v) is 6.20. The van der Waals surface area contributed by atoms with Gasteiger partial charge in [0.25, 0.3) is 0 Å². The van der Waals surface area contributed by atoms with Crippen molar-refractivity contribution < 1.29 is 43.3 Å². The Balaban J connectivity index is 3.72. The third-order valence-electron chi connectivity index (χ3n) is 8.12. The van der Waals surface area contributed by atoms with Crippen LogP contribution in [0.15, 0.2) is 24.3 Å². The van der Waals surface area contributed by atoms with Gasteiger partial charge in [0.05, 0.1) is 27.2 Å². The van der Waals surface area contributed by atoms with Crippen LogP contribution in [-0.2, 0) is 18.6 Å². The molecule has 9 nitrogen and oxygen atoms in total. The van der Waals surface area contributed by atoms with Crippen molar-refractivity contribution in [2.24, 2.45) is 0 Å². The van der Waals surface area contributed by atoms with E-state index in [9.17, 15) is 19.4 Å². The van der Waals surface area contributed by atoms with Crippen LogP contribution < -0.4 is 4.89 Å². The maximum Gasteiger partial charge on any atom is 0.305 e. The standard InChI is InChI=1S/C34H66NO8P/c1-5-6-7-8-9-10-11-12-13-14-15-16-17-18-19-20-21-22-23-24-25-26-34(39)42-29-32(36)30-43-44(40,41)31(2)35(3,4)28-27-33(37)38/h9-10,21-22,31-33,36-38H,5-8,11-20,23-30H2,1-4H3/b10-9-,22-21-/t31?,32-/m1/s1. The Labute approximate surface area is 268 Å². The minimum atomic E-state index is -4.37. The molecular weight excluding hydrogens is 581 g/mol. The predicted octanol–water partition coefficient (Wildman–Crippen LogP) is 6.74. The van der Waals surface area contributed by atoms with Gasteiger partial charge in [-0.1, -0.05) is 82.6 Å². The first-order valence-corrected chi connectivity index (χ1v) is 18.8. The summed E-state index contributed by atoms with van der Waals surface area (Å²) in [4.78, 5) is 24.5. The summed E-state index contributed by atoms with van der Waals surface area (Å²) in [6, 6.07) is 0. The summed E-state index contributed by atoms with van der Waals surface area (Å²) in [6.45, 7) is 3.08. The summed E-state index contributed by atoms with van der Waals surface area (Å²) in [7, 11) is -1.07. The number of aliphatic hydroxyl groups is 3. The van der Waals surface area contributed by atoms with Crippen molar-refractivity contribution in [3.63, 3.8) is 0 Å². The van der Waals surface area contributed by atoms with Crippen molar-refractivity contribution in [1.29, 1.82) is 0 Å². The number of hydrogen-bond acceptors (Lipinski definition) is 8. The summed E-state index contributed by atoms with van der Waals surface area (Å²) < 4.78 is 22.5. The van der Waals surface area contributed by atoms with Gasteiger partial charge in [0, 0.05) is 12.8 Å².